The predicted molar refractivity (Wildman–Crippen MR) is 83.2 cm³/mol. The number of hydrogen-bond donors (Lipinski definition) is 1. The number of amides is 1. The Kier molecular flexibility index (Phi) is 3.80. The molecular formula is C15H18FN3OS. The number of para-hydroxylation sites is 1. The monoisotopic (exact) mass is 307 g/mol. The SMILES string of the molecule is CCC(C)NC(=O)C1CN(c2nc3c(F)cccc3s2)C1. The number of benzene rings is 1. The van der Waals surface area contributed by atoms with Crippen LogP contribution in [0.15, 0.2) is 18.2 Å². The summed E-state index contributed by atoms with van der Waals surface area (Å²) < 4.78 is 14.5. The van der Waals surface area contributed by atoms with E-state index in [-0.39, 0.29) is 23.7 Å². The van der Waals surface area contributed by atoms with Crippen LogP contribution in [0.25, 0.3) is 10.2 Å². The summed E-state index contributed by atoms with van der Waals surface area (Å²) >= 11 is 1.47. The summed E-state index contributed by atoms with van der Waals surface area (Å²) in [4.78, 5) is 18.4. The third-order valence-corrected chi connectivity index (χ3v) is 4.96. The highest BCUT2D eigenvalue weighted by Gasteiger charge is 2.34. The fourth-order valence-corrected chi connectivity index (χ4v) is 3.30. The summed E-state index contributed by atoms with van der Waals surface area (Å²) in [7, 11) is 0. The molecule has 1 aromatic heterocycles. The molecule has 1 aliphatic rings. The second kappa shape index (κ2) is 5.60. The van der Waals surface area contributed by atoms with Gasteiger partial charge >= 0.3 is 0 Å². The number of thiazole rings is 1. The minimum Gasteiger partial charge on any atom is -0.353 e. The smallest absolute Gasteiger partial charge is 0.226 e. The summed E-state index contributed by atoms with van der Waals surface area (Å²) in [6.45, 7) is 5.37. The highest BCUT2D eigenvalue weighted by atomic mass is 32.1. The van der Waals surface area contributed by atoms with Crippen LogP contribution < -0.4 is 10.2 Å². The Hall–Kier alpha value is -1.69. The van der Waals surface area contributed by atoms with Crippen LogP contribution in [0.3, 0.4) is 0 Å². The quantitative estimate of drug-likeness (QED) is 0.944. The molecule has 2 heterocycles. The number of fused-ring (bicyclic) bond motifs is 1. The minimum atomic E-state index is -0.290. The standard InChI is InChI=1S/C15H18FN3OS/c1-3-9(2)17-14(20)10-7-19(8-10)15-18-13-11(16)5-4-6-12(13)21-15/h4-6,9-10H,3,7-8H2,1-2H3,(H,17,20). The minimum absolute atomic E-state index is 0.0101. The van der Waals surface area contributed by atoms with Crippen LogP contribution in [0.4, 0.5) is 9.52 Å². The van der Waals surface area contributed by atoms with Gasteiger partial charge in [0.25, 0.3) is 0 Å². The van der Waals surface area contributed by atoms with Crippen LogP contribution in [-0.2, 0) is 4.79 Å². The molecule has 1 saturated heterocycles. The average Bonchev–Trinajstić information content (AvgIpc) is 2.81. The van der Waals surface area contributed by atoms with E-state index in [0.717, 1.165) is 16.3 Å². The molecular weight excluding hydrogens is 289 g/mol. The van der Waals surface area contributed by atoms with E-state index in [1.807, 2.05) is 24.8 Å². The van der Waals surface area contributed by atoms with Crippen molar-refractivity contribution in [3.05, 3.63) is 24.0 Å². The zero-order chi connectivity index (χ0) is 15.0. The van der Waals surface area contributed by atoms with E-state index in [9.17, 15) is 9.18 Å². The Labute approximate surface area is 127 Å². The van der Waals surface area contributed by atoms with Gasteiger partial charge in [0.2, 0.25) is 5.91 Å². The van der Waals surface area contributed by atoms with Crippen LogP contribution in [-0.4, -0.2) is 30.0 Å². The van der Waals surface area contributed by atoms with Crippen LogP contribution in [0.2, 0.25) is 0 Å². The van der Waals surface area contributed by atoms with Crippen LogP contribution >= 0.6 is 11.3 Å². The number of rotatable bonds is 4. The fraction of sp³-hybridized carbons (Fsp3) is 0.467. The zero-order valence-electron chi connectivity index (χ0n) is 12.1. The molecule has 3 rings (SSSR count). The highest BCUT2D eigenvalue weighted by molar-refractivity contribution is 7.22. The van der Waals surface area contributed by atoms with E-state index in [0.29, 0.717) is 18.6 Å². The van der Waals surface area contributed by atoms with Gasteiger partial charge in [-0.2, -0.15) is 0 Å². The molecule has 1 N–H and O–H groups in total. The van der Waals surface area contributed by atoms with Crippen molar-refractivity contribution in [3.8, 4) is 0 Å². The first kappa shape index (κ1) is 14.3. The Balaban J connectivity index is 1.65. The van der Waals surface area contributed by atoms with Crippen molar-refractivity contribution in [1.82, 2.24) is 10.3 Å². The van der Waals surface area contributed by atoms with Gasteiger partial charge in [0.15, 0.2) is 5.13 Å². The van der Waals surface area contributed by atoms with E-state index < -0.39 is 0 Å². The third kappa shape index (κ3) is 2.72. The van der Waals surface area contributed by atoms with Crippen molar-refractivity contribution < 1.29 is 9.18 Å². The van der Waals surface area contributed by atoms with Crippen molar-refractivity contribution in [1.29, 1.82) is 0 Å². The van der Waals surface area contributed by atoms with Crippen LogP contribution in [0, 0.1) is 11.7 Å². The van der Waals surface area contributed by atoms with E-state index in [4.69, 9.17) is 0 Å². The molecule has 6 heteroatoms. The van der Waals surface area contributed by atoms with E-state index in [1.165, 1.54) is 17.4 Å². The van der Waals surface area contributed by atoms with Crippen molar-refractivity contribution in [2.24, 2.45) is 5.92 Å². The topological polar surface area (TPSA) is 45.2 Å². The lowest BCUT2D eigenvalue weighted by molar-refractivity contribution is -0.126. The van der Waals surface area contributed by atoms with Gasteiger partial charge in [-0.3, -0.25) is 4.79 Å². The molecule has 0 saturated carbocycles. The number of carbonyl (C=O) groups excluding carboxylic acids is 1. The Morgan fingerprint density at radius 3 is 3.00 bits per heavy atom. The van der Waals surface area contributed by atoms with Gasteiger partial charge in [-0.1, -0.05) is 24.3 Å². The second-order valence-electron chi connectivity index (χ2n) is 5.50. The molecule has 1 fully saturated rings. The summed E-state index contributed by atoms with van der Waals surface area (Å²) in [5.41, 5.74) is 0.421. The van der Waals surface area contributed by atoms with Crippen LogP contribution in [0.5, 0.6) is 0 Å². The predicted octanol–water partition coefficient (Wildman–Crippen LogP) is 2.79. The molecule has 2 aromatic rings. The average molecular weight is 307 g/mol. The van der Waals surface area contributed by atoms with Crippen molar-refractivity contribution in [2.75, 3.05) is 18.0 Å². The highest BCUT2D eigenvalue weighted by Crippen LogP contribution is 2.33. The van der Waals surface area contributed by atoms with Gasteiger partial charge in [0.1, 0.15) is 11.3 Å². The first-order chi connectivity index (χ1) is 10.1. The van der Waals surface area contributed by atoms with Gasteiger partial charge in [-0.05, 0) is 25.5 Å². The summed E-state index contributed by atoms with van der Waals surface area (Å²) in [5.74, 6) is -0.176. The number of hydrogen-bond acceptors (Lipinski definition) is 4. The summed E-state index contributed by atoms with van der Waals surface area (Å²) in [6.07, 6.45) is 0.930. The lowest BCUT2D eigenvalue weighted by atomic mass is 9.99. The van der Waals surface area contributed by atoms with E-state index in [1.54, 1.807) is 6.07 Å². The Bertz CT molecular complexity index is 666. The number of anilines is 1. The van der Waals surface area contributed by atoms with Crippen molar-refractivity contribution in [2.45, 2.75) is 26.3 Å². The zero-order valence-corrected chi connectivity index (χ0v) is 12.9. The molecule has 1 unspecified atom stereocenters. The molecule has 112 valence electrons. The van der Waals surface area contributed by atoms with Gasteiger partial charge in [0.05, 0.1) is 10.6 Å². The number of nitrogens with zero attached hydrogens (tertiary/aromatic N) is 2. The maximum atomic E-state index is 13.6. The number of halogens is 1. The Morgan fingerprint density at radius 1 is 1.57 bits per heavy atom. The lowest BCUT2D eigenvalue weighted by Crippen LogP contribution is -2.54. The maximum Gasteiger partial charge on any atom is 0.226 e. The number of nitrogens with one attached hydrogen (secondary N) is 1. The number of aromatic nitrogens is 1. The number of carbonyl (C=O) groups is 1. The summed E-state index contributed by atoms with van der Waals surface area (Å²) in [5, 5.41) is 3.79. The van der Waals surface area contributed by atoms with Gasteiger partial charge in [-0.15, -0.1) is 0 Å². The maximum absolute atomic E-state index is 13.6. The van der Waals surface area contributed by atoms with Crippen molar-refractivity contribution >= 4 is 32.6 Å². The molecule has 21 heavy (non-hydrogen) atoms. The molecule has 0 aliphatic carbocycles. The second-order valence-corrected chi connectivity index (χ2v) is 6.51. The van der Waals surface area contributed by atoms with E-state index in [2.05, 4.69) is 10.3 Å². The Morgan fingerprint density at radius 2 is 2.33 bits per heavy atom. The first-order valence-electron chi connectivity index (χ1n) is 7.19. The van der Waals surface area contributed by atoms with Gasteiger partial charge < -0.3 is 10.2 Å². The molecule has 0 bridgehead atoms. The normalized spacial score (nSPS) is 16.8. The molecule has 0 spiro atoms. The van der Waals surface area contributed by atoms with Gasteiger partial charge in [-0.25, -0.2) is 9.37 Å². The summed E-state index contributed by atoms with van der Waals surface area (Å²) in [6, 6.07) is 5.19. The molecule has 1 aromatic carbocycles. The first-order valence-corrected chi connectivity index (χ1v) is 8.00. The molecule has 1 amide bonds. The molecule has 1 atom stereocenters. The van der Waals surface area contributed by atoms with E-state index >= 15 is 0 Å². The van der Waals surface area contributed by atoms with Gasteiger partial charge in [0, 0.05) is 19.1 Å². The lowest BCUT2D eigenvalue weighted by Gasteiger charge is -2.38. The van der Waals surface area contributed by atoms with Crippen molar-refractivity contribution in [3.63, 3.8) is 0 Å². The fourth-order valence-electron chi connectivity index (χ4n) is 2.30. The molecule has 1 aliphatic heterocycles. The third-order valence-electron chi connectivity index (χ3n) is 3.88. The molecule has 4 nitrogen and oxygen atoms in total. The largest absolute Gasteiger partial charge is 0.353 e. The molecule has 0 radical (unpaired) electrons. The van der Waals surface area contributed by atoms with Crippen LogP contribution in [0.1, 0.15) is 20.3 Å².